The Morgan fingerprint density at radius 3 is 2.68 bits per heavy atom. The highest BCUT2D eigenvalue weighted by Crippen LogP contribution is 2.08. The van der Waals surface area contributed by atoms with Crippen molar-refractivity contribution in [1.82, 2.24) is 4.90 Å². The van der Waals surface area contributed by atoms with Crippen LogP contribution in [0.5, 0.6) is 0 Å². The Balaban J connectivity index is 2.63. The van der Waals surface area contributed by atoms with Crippen LogP contribution in [0.4, 0.5) is 4.39 Å². The number of amides is 2. The Morgan fingerprint density at radius 2 is 2.16 bits per heavy atom. The molecular weight excluding hydrogens is 251 g/mol. The van der Waals surface area contributed by atoms with Crippen LogP contribution in [0.2, 0.25) is 0 Å². The standard InChI is InChI=1S/C13H17FN2O3/c1-9(13(15)18)19-8-16(10(2)17)7-11-4-3-5-12(14)6-11/h3-6,9H,7-8H2,1-2H3,(H2,15,18). The van der Waals surface area contributed by atoms with Gasteiger partial charge < -0.3 is 15.4 Å². The third-order valence-electron chi connectivity index (χ3n) is 2.59. The fourth-order valence-electron chi connectivity index (χ4n) is 1.39. The van der Waals surface area contributed by atoms with Crippen molar-refractivity contribution in [3.8, 4) is 0 Å². The molecule has 0 heterocycles. The number of rotatable bonds is 6. The van der Waals surface area contributed by atoms with Gasteiger partial charge in [0, 0.05) is 13.5 Å². The van der Waals surface area contributed by atoms with Crippen molar-refractivity contribution in [3.05, 3.63) is 35.6 Å². The second-order valence-electron chi connectivity index (χ2n) is 4.19. The maximum Gasteiger partial charge on any atom is 0.246 e. The quantitative estimate of drug-likeness (QED) is 0.783. The first kappa shape index (κ1) is 15.1. The number of nitrogens with zero attached hydrogens (tertiary/aromatic N) is 1. The Bertz CT molecular complexity index is 465. The van der Waals surface area contributed by atoms with E-state index < -0.39 is 12.0 Å². The molecule has 0 spiro atoms. The van der Waals surface area contributed by atoms with Gasteiger partial charge in [-0.15, -0.1) is 0 Å². The summed E-state index contributed by atoms with van der Waals surface area (Å²) in [6, 6.07) is 5.94. The van der Waals surface area contributed by atoms with Crippen LogP contribution in [0.1, 0.15) is 19.4 Å². The molecule has 6 heteroatoms. The summed E-state index contributed by atoms with van der Waals surface area (Å²) in [5, 5.41) is 0. The molecular formula is C13H17FN2O3. The van der Waals surface area contributed by atoms with E-state index >= 15 is 0 Å². The van der Waals surface area contributed by atoms with Crippen molar-refractivity contribution in [2.75, 3.05) is 6.73 Å². The van der Waals surface area contributed by atoms with E-state index in [0.29, 0.717) is 5.56 Å². The smallest absolute Gasteiger partial charge is 0.246 e. The minimum atomic E-state index is -0.783. The van der Waals surface area contributed by atoms with Gasteiger partial charge >= 0.3 is 0 Å². The maximum atomic E-state index is 13.0. The van der Waals surface area contributed by atoms with Crippen molar-refractivity contribution in [2.45, 2.75) is 26.5 Å². The van der Waals surface area contributed by atoms with Crippen molar-refractivity contribution < 1.29 is 18.7 Å². The second-order valence-corrected chi connectivity index (χ2v) is 4.19. The van der Waals surface area contributed by atoms with E-state index in [9.17, 15) is 14.0 Å². The molecule has 0 saturated carbocycles. The van der Waals surface area contributed by atoms with Gasteiger partial charge in [-0.3, -0.25) is 9.59 Å². The number of carbonyl (C=O) groups is 2. The van der Waals surface area contributed by atoms with Gasteiger partial charge in [0.25, 0.3) is 0 Å². The van der Waals surface area contributed by atoms with Crippen LogP contribution in [0, 0.1) is 5.82 Å². The Morgan fingerprint density at radius 1 is 1.47 bits per heavy atom. The summed E-state index contributed by atoms with van der Waals surface area (Å²) in [7, 11) is 0. The number of ether oxygens (including phenoxy) is 1. The number of hydrogen-bond acceptors (Lipinski definition) is 3. The molecule has 0 aromatic heterocycles. The van der Waals surface area contributed by atoms with Gasteiger partial charge in [-0.25, -0.2) is 4.39 Å². The Kier molecular flexibility index (Phi) is 5.44. The summed E-state index contributed by atoms with van der Waals surface area (Å²) in [5.74, 6) is -1.21. The van der Waals surface area contributed by atoms with Gasteiger partial charge in [0.15, 0.2) is 0 Å². The zero-order valence-corrected chi connectivity index (χ0v) is 10.9. The van der Waals surface area contributed by atoms with Gasteiger partial charge in [0.2, 0.25) is 11.8 Å². The highest BCUT2D eigenvalue weighted by Gasteiger charge is 2.14. The lowest BCUT2D eigenvalue weighted by atomic mass is 10.2. The summed E-state index contributed by atoms with van der Waals surface area (Å²) < 4.78 is 18.2. The third kappa shape index (κ3) is 5.05. The van der Waals surface area contributed by atoms with Gasteiger partial charge in [0.05, 0.1) is 0 Å². The molecule has 0 bridgehead atoms. The van der Waals surface area contributed by atoms with Gasteiger partial charge in [0.1, 0.15) is 18.7 Å². The monoisotopic (exact) mass is 268 g/mol. The van der Waals surface area contributed by atoms with Crippen LogP contribution in [0.3, 0.4) is 0 Å². The molecule has 2 amide bonds. The first-order chi connectivity index (χ1) is 8.90. The van der Waals surface area contributed by atoms with Crippen molar-refractivity contribution in [2.24, 2.45) is 5.73 Å². The summed E-state index contributed by atoms with van der Waals surface area (Å²) in [6.45, 7) is 3.01. The molecule has 0 fully saturated rings. The van der Waals surface area contributed by atoms with Crippen LogP contribution < -0.4 is 5.73 Å². The molecule has 0 saturated heterocycles. The average molecular weight is 268 g/mol. The Hall–Kier alpha value is -1.95. The zero-order chi connectivity index (χ0) is 14.4. The van der Waals surface area contributed by atoms with E-state index in [-0.39, 0.29) is 25.0 Å². The highest BCUT2D eigenvalue weighted by atomic mass is 19.1. The average Bonchev–Trinajstić information content (AvgIpc) is 2.33. The van der Waals surface area contributed by atoms with Crippen LogP contribution in [-0.4, -0.2) is 29.5 Å². The highest BCUT2D eigenvalue weighted by molar-refractivity contribution is 5.78. The number of benzene rings is 1. The van der Waals surface area contributed by atoms with Gasteiger partial charge in [-0.05, 0) is 24.6 Å². The largest absolute Gasteiger partial charge is 0.367 e. The summed E-state index contributed by atoms with van der Waals surface area (Å²) in [6.07, 6.45) is -0.783. The lowest BCUT2D eigenvalue weighted by molar-refractivity contribution is -0.143. The molecule has 1 unspecified atom stereocenters. The van der Waals surface area contributed by atoms with Gasteiger partial charge in [-0.1, -0.05) is 12.1 Å². The van der Waals surface area contributed by atoms with E-state index in [1.807, 2.05) is 0 Å². The molecule has 2 N–H and O–H groups in total. The number of primary amides is 1. The van der Waals surface area contributed by atoms with Crippen LogP contribution in [-0.2, 0) is 20.9 Å². The fraction of sp³-hybridized carbons (Fsp3) is 0.385. The molecule has 0 aliphatic carbocycles. The lowest BCUT2D eigenvalue weighted by Crippen LogP contribution is -2.36. The molecule has 0 aliphatic rings. The molecule has 104 valence electrons. The minimum Gasteiger partial charge on any atom is -0.367 e. The van der Waals surface area contributed by atoms with Crippen LogP contribution in [0.25, 0.3) is 0 Å². The first-order valence-electron chi connectivity index (χ1n) is 5.81. The molecule has 1 rings (SSSR count). The third-order valence-corrected chi connectivity index (χ3v) is 2.59. The molecule has 1 atom stereocenters. The van der Waals surface area contributed by atoms with Crippen LogP contribution >= 0.6 is 0 Å². The van der Waals surface area contributed by atoms with E-state index in [4.69, 9.17) is 10.5 Å². The van der Waals surface area contributed by atoms with E-state index in [0.717, 1.165) is 0 Å². The van der Waals surface area contributed by atoms with Crippen molar-refractivity contribution >= 4 is 11.8 Å². The first-order valence-corrected chi connectivity index (χ1v) is 5.81. The molecule has 1 aromatic rings. The van der Waals surface area contributed by atoms with Crippen molar-refractivity contribution in [1.29, 1.82) is 0 Å². The SMILES string of the molecule is CC(=O)N(COC(C)C(N)=O)Cc1cccc(F)c1. The summed E-state index contributed by atoms with van der Waals surface area (Å²) in [5.41, 5.74) is 5.70. The minimum absolute atomic E-state index is 0.0735. The zero-order valence-electron chi connectivity index (χ0n) is 10.9. The summed E-state index contributed by atoms with van der Waals surface area (Å²) in [4.78, 5) is 23.6. The molecule has 1 aromatic carbocycles. The number of hydrogen-bond donors (Lipinski definition) is 1. The predicted octanol–water partition coefficient (Wildman–Crippen LogP) is 1.02. The van der Waals surface area contributed by atoms with Gasteiger partial charge in [-0.2, -0.15) is 0 Å². The lowest BCUT2D eigenvalue weighted by Gasteiger charge is -2.22. The molecule has 0 radical (unpaired) electrons. The number of carbonyl (C=O) groups excluding carboxylic acids is 2. The normalized spacial score (nSPS) is 11.9. The molecule has 5 nitrogen and oxygen atoms in total. The second kappa shape index (κ2) is 6.84. The number of halogens is 1. The van der Waals surface area contributed by atoms with Crippen LogP contribution in [0.15, 0.2) is 24.3 Å². The topological polar surface area (TPSA) is 72.6 Å². The Labute approximate surface area is 111 Å². The fourth-order valence-corrected chi connectivity index (χ4v) is 1.39. The molecule has 0 aliphatic heterocycles. The summed E-state index contributed by atoms with van der Waals surface area (Å²) >= 11 is 0. The van der Waals surface area contributed by atoms with E-state index in [1.54, 1.807) is 12.1 Å². The van der Waals surface area contributed by atoms with Crippen molar-refractivity contribution in [3.63, 3.8) is 0 Å². The molecule has 19 heavy (non-hydrogen) atoms. The van der Waals surface area contributed by atoms with E-state index in [1.165, 1.54) is 30.9 Å². The maximum absolute atomic E-state index is 13.0. The number of nitrogens with two attached hydrogens (primary N) is 1. The predicted molar refractivity (Wildman–Crippen MR) is 67.2 cm³/mol. The van der Waals surface area contributed by atoms with E-state index in [2.05, 4.69) is 0 Å².